The predicted molar refractivity (Wildman–Crippen MR) is 93.0 cm³/mol. The second-order valence-corrected chi connectivity index (χ2v) is 6.77. The standard InChI is InChI=1S/C19H22FN3O2/c1-4-9-23-15-11-22(10-12(2)3)18(24)16(15)17(21-19(23)25)13-5-7-14(20)8-6-13/h4-8,12,17H,1,9-11H2,2-3H3,(H,21,25). The van der Waals surface area contributed by atoms with Crippen LogP contribution in [-0.4, -0.2) is 41.4 Å². The van der Waals surface area contributed by atoms with Crippen LogP contribution in [0.3, 0.4) is 0 Å². The van der Waals surface area contributed by atoms with Crippen LogP contribution in [0.2, 0.25) is 0 Å². The Morgan fingerprint density at radius 1 is 1.32 bits per heavy atom. The second-order valence-electron chi connectivity index (χ2n) is 6.77. The van der Waals surface area contributed by atoms with Crippen molar-refractivity contribution >= 4 is 11.9 Å². The van der Waals surface area contributed by atoms with Gasteiger partial charge >= 0.3 is 6.03 Å². The lowest BCUT2D eigenvalue weighted by Gasteiger charge is -2.33. The van der Waals surface area contributed by atoms with E-state index in [1.807, 2.05) is 13.8 Å². The maximum Gasteiger partial charge on any atom is 0.322 e. The van der Waals surface area contributed by atoms with E-state index in [9.17, 15) is 14.0 Å². The van der Waals surface area contributed by atoms with E-state index in [1.54, 1.807) is 28.0 Å². The smallest absolute Gasteiger partial charge is 0.322 e. The van der Waals surface area contributed by atoms with Crippen LogP contribution in [0, 0.1) is 11.7 Å². The molecule has 3 rings (SSSR count). The van der Waals surface area contributed by atoms with Crippen LogP contribution < -0.4 is 5.32 Å². The molecule has 25 heavy (non-hydrogen) atoms. The SMILES string of the molecule is C=CCN1C(=O)NC(c2ccc(F)cc2)C2=C1CN(CC(C)C)C2=O. The Bertz CT molecular complexity index is 740. The predicted octanol–water partition coefficient (Wildman–Crippen LogP) is 2.83. The van der Waals surface area contributed by atoms with Crippen molar-refractivity contribution in [1.29, 1.82) is 0 Å². The first-order valence-electron chi connectivity index (χ1n) is 8.39. The van der Waals surface area contributed by atoms with Crippen LogP contribution >= 0.6 is 0 Å². The van der Waals surface area contributed by atoms with E-state index in [2.05, 4.69) is 11.9 Å². The Morgan fingerprint density at radius 3 is 2.60 bits per heavy atom. The number of hydrogen-bond acceptors (Lipinski definition) is 2. The molecule has 3 amide bonds. The average Bonchev–Trinajstić information content (AvgIpc) is 2.87. The zero-order chi connectivity index (χ0) is 18.1. The molecule has 5 nitrogen and oxygen atoms in total. The van der Waals surface area contributed by atoms with Gasteiger partial charge in [-0.2, -0.15) is 0 Å². The van der Waals surface area contributed by atoms with Crippen LogP contribution in [0.5, 0.6) is 0 Å². The van der Waals surface area contributed by atoms with Crippen molar-refractivity contribution in [2.24, 2.45) is 5.92 Å². The maximum absolute atomic E-state index is 13.2. The highest BCUT2D eigenvalue weighted by molar-refractivity contribution is 6.01. The fourth-order valence-corrected chi connectivity index (χ4v) is 3.36. The molecule has 1 N–H and O–H groups in total. The molecular weight excluding hydrogens is 321 g/mol. The van der Waals surface area contributed by atoms with Crippen molar-refractivity contribution in [3.63, 3.8) is 0 Å². The molecule has 0 bridgehead atoms. The van der Waals surface area contributed by atoms with Gasteiger partial charge in [0, 0.05) is 13.1 Å². The number of hydrogen-bond donors (Lipinski definition) is 1. The third kappa shape index (κ3) is 3.16. The largest absolute Gasteiger partial charge is 0.333 e. The normalized spacial score (nSPS) is 20.2. The van der Waals surface area contributed by atoms with Gasteiger partial charge in [-0.25, -0.2) is 9.18 Å². The molecule has 1 atom stereocenters. The number of urea groups is 1. The van der Waals surface area contributed by atoms with Gasteiger partial charge in [0.05, 0.1) is 23.9 Å². The summed E-state index contributed by atoms with van der Waals surface area (Å²) in [5, 5.41) is 2.87. The highest BCUT2D eigenvalue weighted by Crippen LogP contribution is 2.36. The van der Waals surface area contributed by atoms with Crippen LogP contribution in [0.1, 0.15) is 25.5 Å². The molecule has 0 radical (unpaired) electrons. The third-order valence-corrected chi connectivity index (χ3v) is 4.40. The van der Waals surface area contributed by atoms with E-state index in [0.29, 0.717) is 42.4 Å². The quantitative estimate of drug-likeness (QED) is 0.836. The summed E-state index contributed by atoms with van der Waals surface area (Å²) in [7, 11) is 0. The Labute approximate surface area is 146 Å². The molecule has 2 aliphatic rings. The fraction of sp³-hybridized carbons (Fsp3) is 0.368. The van der Waals surface area contributed by atoms with Crippen LogP contribution in [0.4, 0.5) is 9.18 Å². The maximum atomic E-state index is 13.2. The van der Waals surface area contributed by atoms with Gasteiger partial charge in [0.15, 0.2) is 0 Å². The van der Waals surface area contributed by atoms with Gasteiger partial charge in [-0.15, -0.1) is 6.58 Å². The van der Waals surface area contributed by atoms with Crippen molar-refractivity contribution < 1.29 is 14.0 Å². The monoisotopic (exact) mass is 343 g/mol. The van der Waals surface area contributed by atoms with Crippen molar-refractivity contribution in [3.05, 3.63) is 59.6 Å². The number of rotatable bonds is 5. The summed E-state index contributed by atoms with van der Waals surface area (Å²) in [6.45, 7) is 9.16. The van der Waals surface area contributed by atoms with Crippen molar-refractivity contribution in [2.75, 3.05) is 19.6 Å². The summed E-state index contributed by atoms with van der Waals surface area (Å²) in [6, 6.07) is 5.05. The van der Waals surface area contributed by atoms with E-state index in [0.717, 1.165) is 0 Å². The van der Waals surface area contributed by atoms with E-state index in [4.69, 9.17) is 0 Å². The Kier molecular flexibility index (Phi) is 4.61. The molecule has 6 heteroatoms. The van der Waals surface area contributed by atoms with Crippen molar-refractivity contribution in [1.82, 2.24) is 15.1 Å². The van der Waals surface area contributed by atoms with Gasteiger partial charge in [-0.1, -0.05) is 32.1 Å². The van der Waals surface area contributed by atoms with E-state index < -0.39 is 6.04 Å². The topological polar surface area (TPSA) is 52.7 Å². The van der Waals surface area contributed by atoms with Crippen LogP contribution in [0.15, 0.2) is 48.2 Å². The first-order chi connectivity index (χ1) is 11.9. The zero-order valence-corrected chi connectivity index (χ0v) is 14.5. The Morgan fingerprint density at radius 2 is 2.00 bits per heavy atom. The molecule has 1 unspecified atom stereocenters. The Balaban J connectivity index is 2.02. The van der Waals surface area contributed by atoms with Gasteiger partial charge in [0.2, 0.25) is 0 Å². The van der Waals surface area contributed by atoms with Gasteiger partial charge in [0.1, 0.15) is 5.82 Å². The number of halogens is 1. The molecule has 0 aliphatic carbocycles. The van der Waals surface area contributed by atoms with Crippen LogP contribution in [0.25, 0.3) is 0 Å². The molecule has 0 saturated carbocycles. The number of benzene rings is 1. The summed E-state index contributed by atoms with van der Waals surface area (Å²) in [4.78, 5) is 28.8. The van der Waals surface area contributed by atoms with E-state index in [1.165, 1.54) is 12.1 Å². The minimum atomic E-state index is -0.561. The van der Waals surface area contributed by atoms with E-state index in [-0.39, 0.29) is 17.8 Å². The molecule has 132 valence electrons. The molecule has 2 heterocycles. The summed E-state index contributed by atoms with van der Waals surface area (Å²) in [5.41, 5.74) is 1.97. The summed E-state index contributed by atoms with van der Waals surface area (Å²) < 4.78 is 13.2. The average molecular weight is 343 g/mol. The van der Waals surface area contributed by atoms with Gasteiger partial charge in [0.25, 0.3) is 5.91 Å². The number of amides is 3. The highest BCUT2D eigenvalue weighted by Gasteiger charge is 2.43. The van der Waals surface area contributed by atoms with Gasteiger partial charge < -0.3 is 10.2 Å². The number of carbonyl (C=O) groups excluding carboxylic acids is 2. The van der Waals surface area contributed by atoms with Crippen LogP contribution in [-0.2, 0) is 4.79 Å². The highest BCUT2D eigenvalue weighted by atomic mass is 19.1. The lowest BCUT2D eigenvalue weighted by Crippen LogP contribution is -2.47. The first kappa shape index (κ1) is 17.2. The Hall–Kier alpha value is -2.63. The lowest BCUT2D eigenvalue weighted by molar-refractivity contribution is -0.126. The number of nitrogens with one attached hydrogen (secondary N) is 1. The summed E-state index contributed by atoms with van der Waals surface area (Å²) in [6.07, 6.45) is 1.64. The minimum absolute atomic E-state index is 0.0768. The molecule has 2 aliphatic heterocycles. The molecule has 0 saturated heterocycles. The third-order valence-electron chi connectivity index (χ3n) is 4.40. The lowest BCUT2D eigenvalue weighted by atomic mass is 9.95. The summed E-state index contributed by atoms with van der Waals surface area (Å²) in [5.74, 6) is -0.106. The molecule has 0 aromatic heterocycles. The fourth-order valence-electron chi connectivity index (χ4n) is 3.36. The van der Waals surface area contributed by atoms with Crippen molar-refractivity contribution in [2.45, 2.75) is 19.9 Å². The molecule has 1 aromatic rings. The van der Waals surface area contributed by atoms with Crippen molar-refractivity contribution in [3.8, 4) is 0 Å². The first-order valence-corrected chi connectivity index (χ1v) is 8.39. The summed E-state index contributed by atoms with van der Waals surface area (Å²) >= 11 is 0. The van der Waals surface area contributed by atoms with Gasteiger partial charge in [-0.3, -0.25) is 9.69 Å². The second kappa shape index (κ2) is 6.70. The molecule has 0 spiro atoms. The molecule has 1 aromatic carbocycles. The number of carbonyl (C=O) groups is 2. The zero-order valence-electron chi connectivity index (χ0n) is 14.5. The molecular formula is C19H22FN3O2. The van der Waals surface area contributed by atoms with Gasteiger partial charge in [-0.05, 0) is 23.6 Å². The minimum Gasteiger partial charge on any atom is -0.333 e. The molecule has 0 fully saturated rings. The number of nitrogens with zero attached hydrogens (tertiary/aromatic N) is 2. The van der Waals surface area contributed by atoms with E-state index >= 15 is 0 Å².